The number of aromatic nitrogens is 3. The molecular formula is C25H24F2N4OS. The molecule has 0 fully saturated rings. The zero-order valence-electron chi connectivity index (χ0n) is 18.1. The molecule has 0 bridgehead atoms. The summed E-state index contributed by atoms with van der Waals surface area (Å²) in [5.74, 6) is -0.845. The minimum absolute atomic E-state index is 0.0282. The summed E-state index contributed by atoms with van der Waals surface area (Å²) in [4.78, 5) is 23.7. The Morgan fingerprint density at radius 1 is 1.18 bits per heavy atom. The van der Waals surface area contributed by atoms with Gasteiger partial charge in [-0.1, -0.05) is 0 Å². The SMILES string of the molecule is O=c1c2c3c(sc2ncn1CCCc1ccncc1)CC(NCc1cc(F)ccc1F)CC3. The van der Waals surface area contributed by atoms with Gasteiger partial charge in [0.2, 0.25) is 0 Å². The summed E-state index contributed by atoms with van der Waals surface area (Å²) in [6.07, 6.45) is 9.33. The number of hydrogen-bond acceptors (Lipinski definition) is 5. The summed E-state index contributed by atoms with van der Waals surface area (Å²) in [6.45, 7) is 0.898. The van der Waals surface area contributed by atoms with E-state index >= 15 is 0 Å². The average Bonchev–Trinajstić information content (AvgIpc) is 3.20. The monoisotopic (exact) mass is 466 g/mol. The van der Waals surface area contributed by atoms with E-state index in [0.29, 0.717) is 12.1 Å². The van der Waals surface area contributed by atoms with Crippen LogP contribution in [0, 0.1) is 11.6 Å². The van der Waals surface area contributed by atoms with Crippen molar-refractivity contribution >= 4 is 21.6 Å². The van der Waals surface area contributed by atoms with Gasteiger partial charge in [0.05, 0.1) is 11.7 Å². The predicted octanol–water partition coefficient (Wildman–Crippen LogP) is 4.41. The molecule has 1 aromatic carbocycles. The Morgan fingerprint density at radius 3 is 2.88 bits per heavy atom. The van der Waals surface area contributed by atoms with Crippen LogP contribution in [-0.4, -0.2) is 20.6 Å². The lowest BCUT2D eigenvalue weighted by Crippen LogP contribution is -2.34. The molecule has 0 aliphatic heterocycles. The fourth-order valence-electron chi connectivity index (χ4n) is 4.47. The minimum atomic E-state index is -0.438. The zero-order valence-corrected chi connectivity index (χ0v) is 18.9. The largest absolute Gasteiger partial charge is 0.309 e. The second kappa shape index (κ2) is 9.49. The molecule has 4 aromatic rings. The number of halogens is 2. The van der Waals surface area contributed by atoms with E-state index in [9.17, 15) is 13.6 Å². The van der Waals surface area contributed by atoms with Gasteiger partial charge in [-0.2, -0.15) is 0 Å². The number of nitrogens with zero attached hydrogens (tertiary/aromatic N) is 3. The van der Waals surface area contributed by atoms with Crippen LogP contribution < -0.4 is 10.9 Å². The lowest BCUT2D eigenvalue weighted by Gasteiger charge is -2.23. The van der Waals surface area contributed by atoms with Gasteiger partial charge in [-0.25, -0.2) is 13.8 Å². The van der Waals surface area contributed by atoms with Crippen LogP contribution in [0.25, 0.3) is 10.2 Å². The minimum Gasteiger partial charge on any atom is -0.309 e. The Kier molecular flexibility index (Phi) is 6.28. The van der Waals surface area contributed by atoms with Crippen LogP contribution in [0.15, 0.2) is 53.8 Å². The first-order valence-electron chi connectivity index (χ1n) is 11.1. The smallest absolute Gasteiger partial charge is 0.262 e. The van der Waals surface area contributed by atoms with E-state index < -0.39 is 11.6 Å². The van der Waals surface area contributed by atoms with Gasteiger partial charge in [-0.15, -0.1) is 11.3 Å². The highest BCUT2D eigenvalue weighted by Gasteiger charge is 2.25. The van der Waals surface area contributed by atoms with Gasteiger partial charge >= 0.3 is 0 Å². The summed E-state index contributed by atoms with van der Waals surface area (Å²) in [7, 11) is 0. The summed E-state index contributed by atoms with van der Waals surface area (Å²) >= 11 is 1.57. The van der Waals surface area contributed by atoms with Crippen molar-refractivity contribution in [2.75, 3.05) is 0 Å². The molecule has 1 aliphatic carbocycles. The van der Waals surface area contributed by atoms with Crippen LogP contribution in [0.3, 0.4) is 0 Å². The molecule has 1 unspecified atom stereocenters. The molecule has 0 radical (unpaired) electrons. The van der Waals surface area contributed by atoms with Crippen molar-refractivity contribution in [2.45, 2.75) is 51.2 Å². The molecule has 3 heterocycles. The van der Waals surface area contributed by atoms with Crippen LogP contribution in [0.2, 0.25) is 0 Å². The summed E-state index contributed by atoms with van der Waals surface area (Å²) in [6, 6.07) is 7.65. The van der Waals surface area contributed by atoms with Crippen molar-refractivity contribution in [3.63, 3.8) is 0 Å². The Balaban J connectivity index is 1.28. The highest BCUT2D eigenvalue weighted by molar-refractivity contribution is 7.18. The zero-order chi connectivity index (χ0) is 22.8. The Bertz CT molecular complexity index is 1340. The van der Waals surface area contributed by atoms with E-state index in [1.165, 1.54) is 11.6 Å². The van der Waals surface area contributed by atoms with Gasteiger partial charge in [0, 0.05) is 42.0 Å². The van der Waals surface area contributed by atoms with Gasteiger partial charge in [0.1, 0.15) is 16.5 Å². The molecule has 170 valence electrons. The van der Waals surface area contributed by atoms with Crippen molar-refractivity contribution in [1.82, 2.24) is 19.9 Å². The molecule has 1 aliphatic rings. The normalized spacial score (nSPS) is 15.6. The number of pyridine rings is 1. The Morgan fingerprint density at radius 2 is 2.03 bits per heavy atom. The molecule has 0 spiro atoms. The first kappa shape index (κ1) is 21.9. The van der Waals surface area contributed by atoms with Crippen molar-refractivity contribution < 1.29 is 8.78 Å². The maximum absolute atomic E-state index is 13.9. The Labute approximate surface area is 194 Å². The van der Waals surface area contributed by atoms with Crippen LogP contribution in [0.4, 0.5) is 8.78 Å². The summed E-state index contributed by atoms with van der Waals surface area (Å²) in [5, 5.41) is 4.10. The van der Waals surface area contributed by atoms with E-state index in [1.54, 1.807) is 34.6 Å². The number of benzene rings is 1. The highest BCUT2D eigenvalue weighted by Crippen LogP contribution is 2.33. The second-order valence-electron chi connectivity index (χ2n) is 8.44. The topological polar surface area (TPSA) is 59.8 Å². The van der Waals surface area contributed by atoms with Gasteiger partial charge in [-0.3, -0.25) is 14.3 Å². The number of rotatable bonds is 7. The van der Waals surface area contributed by atoms with Gasteiger partial charge < -0.3 is 5.32 Å². The van der Waals surface area contributed by atoms with Crippen molar-refractivity contribution in [2.24, 2.45) is 0 Å². The van der Waals surface area contributed by atoms with Gasteiger partial charge in [-0.05, 0) is 73.6 Å². The number of aryl methyl sites for hydroxylation is 3. The van der Waals surface area contributed by atoms with E-state index in [-0.39, 0.29) is 18.1 Å². The van der Waals surface area contributed by atoms with Gasteiger partial charge in [0.25, 0.3) is 5.56 Å². The molecular weight excluding hydrogens is 442 g/mol. The Hall–Kier alpha value is -2.97. The van der Waals surface area contributed by atoms with Crippen molar-refractivity contribution in [1.29, 1.82) is 0 Å². The average molecular weight is 467 g/mol. The highest BCUT2D eigenvalue weighted by atomic mass is 32.1. The standard InChI is InChI=1S/C25H24F2N4OS/c26-18-3-6-21(27)17(12-18)14-29-19-4-5-20-22(13-19)33-24-23(20)25(32)31(15-30-24)11-1-2-16-7-9-28-10-8-16/h3,6-10,12,15,19,29H,1-2,4-5,11,13-14H2. The first-order chi connectivity index (χ1) is 16.1. The predicted molar refractivity (Wildman–Crippen MR) is 125 cm³/mol. The van der Waals surface area contributed by atoms with Crippen LogP contribution >= 0.6 is 11.3 Å². The van der Waals surface area contributed by atoms with E-state index in [2.05, 4.69) is 15.3 Å². The molecule has 0 amide bonds. The fraction of sp³-hybridized carbons (Fsp3) is 0.320. The van der Waals surface area contributed by atoms with Crippen LogP contribution in [0.1, 0.15) is 34.4 Å². The van der Waals surface area contributed by atoms with Crippen molar-refractivity contribution in [3.05, 3.63) is 92.6 Å². The van der Waals surface area contributed by atoms with E-state index in [0.717, 1.165) is 64.9 Å². The number of nitrogens with one attached hydrogen (secondary N) is 1. The van der Waals surface area contributed by atoms with Crippen LogP contribution in [0.5, 0.6) is 0 Å². The van der Waals surface area contributed by atoms with Crippen molar-refractivity contribution in [3.8, 4) is 0 Å². The molecule has 0 saturated carbocycles. The maximum atomic E-state index is 13.9. The third-order valence-electron chi connectivity index (χ3n) is 6.24. The molecule has 1 N–H and O–H groups in total. The quantitative estimate of drug-likeness (QED) is 0.438. The van der Waals surface area contributed by atoms with Crippen LogP contribution in [-0.2, 0) is 32.4 Å². The molecule has 33 heavy (non-hydrogen) atoms. The van der Waals surface area contributed by atoms with E-state index in [1.807, 2.05) is 12.1 Å². The molecule has 3 aromatic heterocycles. The summed E-state index contributed by atoms with van der Waals surface area (Å²) < 4.78 is 29.1. The molecule has 5 rings (SSSR count). The van der Waals surface area contributed by atoms with E-state index in [4.69, 9.17) is 0 Å². The lowest BCUT2D eigenvalue weighted by molar-refractivity contribution is 0.454. The fourth-order valence-corrected chi connectivity index (χ4v) is 5.73. The molecule has 0 saturated heterocycles. The number of hydrogen-bond donors (Lipinski definition) is 1. The van der Waals surface area contributed by atoms with Gasteiger partial charge in [0.15, 0.2) is 0 Å². The maximum Gasteiger partial charge on any atom is 0.262 e. The number of thiophene rings is 1. The third kappa shape index (κ3) is 4.72. The lowest BCUT2D eigenvalue weighted by atomic mass is 9.93. The third-order valence-corrected chi connectivity index (χ3v) is 7.40. The first-order valence-corrected chi connectivity index (χ1v) is 12.0. The molecule has 1 atom stereocenters. The summed E-state index contributed by atoms with van der Waals surface area (Å²) in [5.41, 5.74) is 2.66. The molecule has 8 heteroatoms. The number of fused-ring (bicyclic) bond motifs is 3. The second-order valence-corrected chi connectivity index (χ2v) is 9.53. The molecule has 5 nitrogen and oxygen atoms in total.